The molecule has 0 fully saturated rings. The predicted octanol–water partition coefficient (Wildman–Crippen LogP) is 14.9. The lowest BCUT2D eigenvalue weighted by Crippen LogP contribution is -2.16. The van der Waals surface area contributed by atoms with E-state index in [1.54, 1.807) is 0 Å². The lowest BCUT2D eigenvalue weighted by atomic mass is 9.90. The van der Waals surface area contributed by atoms with Gasteiger partial charge in [-0.25, -0.2) is 0 Å². The van der Waals surface area contributed by atoms with E-state index in [0.717, 1.165) is 88.5 Å². The van der Waals surface area contributed by atoms with Gasteiger partial charge in [-0.2, -0.15) is 0 Å². The van der Waals surface area contributed by atoms with Crippen LogP contribution in [0.4, 0.5) is 17.1 Å². The zero-order chi connectivity index (χ0) is 37.8. The van der Waals surface area contributed by atoms with Gasteiger partial charge in [-0.15, -0.1) is 0 Å². The van der Waals surface area contributed by atoms with Crippen LogP contribution in [0.3, 0.4) is 0 Å². The third-order valence-corrected chi connectivity index (χ3v) is 10.5. The molecule has 0 aliphatic rings. The number of nitrogens with zero attached hydrogens (tertiary/aromatic N) is 3. The molecule has 6 heteroatoms. The molecule has 8 rings (SSSR count). The first kappa shape index (κ1) is 35.8. The normalized spacial score (nSPS) is 12.1. The number of para-hydroxylation sites is 2. The van der Waals surface area contributed by atoms with Crippen molar-refractivity contribution in [1.29, 1.82) is 0 Å². The zero-order valence-electron chi connectivity index (χ0n) is 31.3. The number of halogens is 2. The summed E-state index contributed by atoms with van der Waals surface area (Å²) in [6, 6.07) is 48.3. The van der Waals surface area contributed by atoms with Crippen LogP contribution in [0.2, 0.25) is 5.02 Å². The summed E-state index contributed by atoms with van der Waals surface area (Å²) in [6.45, 7) is 13.2. The number of furan rings is 1. The fourth-order valence-electron chi connectivity index (χ4n) is 7.00. The van der Waals surface area contributed by atoms with Crippen molar-refractivity contribution in [2.24, 2.45) is 0 Å². The van der Waals surface area contributed by atoms with Crippen LogP contribution in [0.15, 0.2) is 148 Å². The Kier molecular flexibility index (Phi) is 9.20. The van der Waals surface area contributed by atoms with Crippen LogP contribution in [0.5, 0.6) is 0 Å². The summed E-state index contributed by atoms with van der Waals surface area (Å²) in [4.78, 5) is 12.9. The molecule has 0 bridgehead atoms. The molecular weight excluding hydrogens is 750 g/mol. The Morgan fingerprint density at radius 3 is 1.80 bits per heavy atom. The molecule has 0 saturated carbocycles. The fraction of sp³-hybridized carbons (Fsp3) is 0.167. The van der Waals surface area contributed by atoms with E-state index in [1.807, 2.05) is 30.3 Å². The van der Waals surface area contributed by atoms with Gasteiger partial charge in [0, 0.05) is 65.0 Å². The smallest absolute Gasteiger partial charge is 0.135 e. The molecule has 4 nitrogen and oxygen atoms in total. The first-order valence-electron chi connectivity index (χ1n) is 18.2. The number of rotatable bonds is 6. The van der Waals surface area contributed by atoms with Gasteiger partial charge in [0.05, 0.1) is 17.1 Å². The zero-order valence-corrected chi connectivity index (χ0v) is 33.6. The number of benzene rings is 5. The lowest BCUT2D eigenvalue weighted by molar-refractivity contribution is 0.569. The average molecular weight is 791 g/mol. The van der Waals surface area contributed by atoms with Gasteiger partial charge in [0.2, 0.25) is 0 Å². The quantitative estimate of drug-likeness (QED) is 0.168. The molecule has 0 radical (unpaired) electrons. The Bertz CT molecular complexity index is 2610. The van der Waals surface area contributed by atoms with E-state index >= 15 is 0 Å². The van der Waals surface area contributed by atoms with Crippen LogP contribution in [-0.4, -0.2) is 9.97 Å². The maximum absolute atomic E-state index is 6.80. The van der Waals surface area contributed by atoms with Gasteiger partial charge < -0.3 is 9.32 Å². The Morgan fingerprint density at radius 1 is 0.537 bits per heavy atom. The number of hydrogen-bond acceptors (Lipinski definition) is 4. The van der Waals surface area contributed by atoms with E-state index in [9.17, 15) is 0 Å². The Hall–Kier alpha value is -5.23. The molecule has 0 amide bonds. The highest BCUT2D eigenvalue weighted by Crippen LogP contribution is 2.48. The summed E-state index contributed by atoms with van der Waals surface area (Å²) in [5.41, 5.74) is 12.2. The molecule has 0 spiro atoms. The molecule has 0 aliphatic heterocycles. The van der Waals surface area contributed by atoms with Crippen LogP contribution >= 0.6 is 27.5 Å². The van der Waals surface area contributed by atoms with Gasteiger partial charge in [0.1, 0.15) is 11.2 Å². The highest BCUT2D eigenvalue weighted by molar-refractivity contribution is 9.10. The third-order valence-electron chi connectivity index (χ3n) is 9.76. The van der Waals surface area contributed by atoms with Crippen LogP contribution in [0.25, 0.3) is 55.6 Å². The molecule has 5 aromatic carbocycles. The SMILES string of the molecule is CC(C)(C)c1cccc(-c2cccc(-c3cccc(C(C)(C)C)n3)c2N(c2cccc(Cl)c2)c2cc(Br)cc(-c3ccc4oc5ccccc5c4c3)c2)n1. The first-order valence-corrected chi connectivity index (χ1v) is 19.4. The molecule has 0 N–H and O–H groups in total. The van der Waals surface area contributed by atoms with Gasteiger partial charge in [-0.3, -0.25) is 9.97 Å². The van der Waals surface area contributed by atoms with Crippen molar-refractivity contribution in [1.82, 2.24) is 9.97 Å². The maximum atomic E-state index is 6.80. The number of fused-ring (bicyclic) bond motifs is 3. The maximum Gasteiger partial charge on any atom is 0.135 e. The van der Waals surface area contributed by atoms with E-state index in [0.29, 0.717) is 5.02 Å². The van der Waals surface area contributed by atoms with Crippen LogP contribution in [0, 0.1) is 0 Å². The van der Waals surface area contributed by atoms with E-state index in [1.165, 1.54) is 0 Å². The van der Waals surface area contributed by atoms with Crippen LogP contribution in [0.1, 0.15) is 52.9 Å². The van der Waals surface area contributed by atoms with Gasteiger partial charge in [-0.05, 0) is 90.0 Å². The Labute approximate surface area is 330 Å². The van der Waals surface area contributed by atoms with Crippen molar-refractivity contribution in [3.8, 4) is 33.6 Å². The van der Waals surface area contributed by atoms with Crippen molar-refractivity contribution < 1.29 is 4.42 Å². The molecule has 3 aromatic heterocycles. The number of anilines is 3. The van der Waals surface area contributed by atoms with Crippen LogP contribution in [-0.2, 0) is 10.8 Å². The van der Waals surface area contributed by atoms with Crippen molar-refractivity contribution in [3.63, 3.8) is 0 Å². The van der Waals surface area contributed by atoms with E-state index < -0.39 is 0 Å². The van der Waals surface area contributed by atoms with Crippen molar-refractivity contribution in [2.45, 2.75) is 52.4 Å². The predicted molar refractivity (Wildman–Crippen MR) is 230 cm³/mol. The standard InChI is InChI=1S/C48H41BrClN3O/c1-47(2,3)44-21-11-18-40(51-44)37-16-10-17-38(41-19-12-22-45(52-41)48(4,5)6)46(37)53(34-14-9-13-33(50)29-34)35-26-31(25-32(49)28-35)30-23-24-43-39(27-30)36-15-7-8-20-42(36)54-43/h7-29H,1-6H3. The van der Waals surface area contributed by atoms with Gasteiger partial charge >= 0.3 is 0 Å². The summed E-state index contributed by atoms with van der Waals surface area (Å²) in [5, 5.41) is 2.82. The van der Waals surface area contributed by atoms with Crippen molar-refractivity contribution in [3.05, 3.63) is 160 Å². The largest absolute Gasteiger partial charge is 0.456 e. The molecule has 0 unspecified atom stereocenters. The summed E-state index contributed by atoms with van der Waals surface area (Å²) < 4.78 is 7.13. The second-order valence-electron chi connectivity index (χ2n) is 15.8. The number of pyridine rings is 2. The topological polar surface area (TPSA) is 42.2 Å². The Morgan fingerprint density at radius 2 is 1.15 bits per heavy atom. The fourth-order valence-corrected chi connectivity index (χ4v) is 7.67. The third kappa shape index (κ3) is 6.95. The van der Waals surface area contributed by atoms with Gasteiger partial charge in [0.25, 0.3) is 0 Å². The molecular formula is C48H41BrClN3O. The second kappa shape index (κ2) is 13.9. The molecule has 0 aliphatic carbocycles. The number of aromatic nitrogens is 2. The molecule has 54 heavy (non-hydrogen) atoms. The van der Waals surface area contributed by atoms with Crippen LogP contribution < -0.4 is 4.90 Å². The first-order chi connectivity index (χ1) is 25.8. The molecule has 8 aromatic rings. The Balaban J connectivity index is 1.42. The molecule has 0 saturated heterocycles. The number of hydrogen-bond donors (Lipinski definition) is 0. The lowest BCUT2D eigenvalue weighted by Gasteiger charge is -2.31. The van der Waals surface area contributed by atoms with Gasteiger partial charge in [0.15, 0.2) is 0 Å². The van der Waals surface area contributed by atoms with Crippen molar-refractivity contribution >= 4 is 66.5 Å². The summed E-state index contributed by atoms with van der Waals surface area (Å²) in [5.74, 6) is 0. The van der Waals surface area contributed by atoms with E-state index in [2.05, 4.69) is 172 Å². The average Bonchev–Trinajstić information content (AvgIpc) is 3.52. The minimum atomic E-state index is -0.135. The highest BCUT2D eigenvalue weighted by Gasteiger charge is 2.26. The highest BCUT2D eigenvalue weighted by atomic mass is 79.9. The monoisotopic (exact) mass is 789 g/mol. The molecule has 0 atom stereocenters. The summed E-state index contributed by atoms with van der Waals surface area (Å²) >= 11 is 10.7. The summed E-state index contributed by atoms with van der Waals surface area (Å²) in [6.07, 6.45) is 0. The molecule has 268 valence electrons. The van der Waals surface area contributed by atoms with E-state index in [4.69, 9.17) is 26.0 Å². The van der Waals surface area contributed by atoms with Gasteiger partial charge in [-0.1, -0.05) is 130 Å². The van der Waals surface area contributed by atoms with Crippen molar-refractivity contribution in [2.75, 3.05) is 4.90 Å². The molecule has 3 heterocycles. The second-order valence-corrected chi connectivity index (χ2v) is 17.2. The summed E-state index contributed by atoms with van der Waals surface area (Å²) in [7, 11) is 0. The van der Waals surface area contributed by atoms with E-state index in [-0.39, 0.29) is 10.8 Å². The minimum absolute atomic E-state index is 0.135. The minimum Gasteiger partial charge on any atom is -0.456 e.